The SMILES string of the molecule is CS(=O)(=O)c1ccccc1-c1c(CCN)nc2ccccn2c1=O. The molecule has 0 aliphatic heterocycles. The second-order valence-electron chi connectivity index (χ2n) is 5.47. The first-order valence-corrected chi connectivity index (χ1v) is 9.32. The number of pyridine rings is 1. The van der Waals surface area contributed by atoms with Crippen molar-refractivity contribution in [2.45, 2.75) is 11.3 Å². The van der Waals surface area contributed by atoms with Crippen LogP contribution in [0.5, 0.6) is 0 Å². The highest BCUT2D eigenvalue weighted by molar-refractivity contribution is 7.90. The Bertz CT molecular complexity index is 1070. The van der Waals surface area contributed by atoms with Crippen molar-refractivity contribution >= 4 is 15.5 Å². The second kappa shape index (κ2) is 6.18. The largest absolute Gasteiger partial charge is 0.330 e. The quantitative estimate of drug-likeness (QED) is 0.770. The van der Waals surface area contributed by atoms with Gasteiger partial charge in [0.05, 0.1) is 16.2 Å². The van der Waals surface area contributed by atoms with Crippen LogP contribution in [0.15, 0.2) is 58.4 Å². The van der Waals surface area contributed by atoms with E-state index in [4.69, 9.17) is 5.73 Å². The summed E-state index contributed by atoms with van der Waals surface area (Å²) in [6, 6.07) is 11.7. The van der Waals surface area contributed by atoms with Crippen LogP contribution in [0.4, 0.5) is 0 Å². The van der Waals surface area contributed by atoms with Crippen LogP contribution in [0.25, 0.3) is 16.8 Å². The van der Waals surface area contributed by atoms with Crippen molar-refractivity contribution in [2.75, 3.05) is 12.8 Å². The number of sulfone groups is 1. The van der Waals surface area contributed by atoms with Crippen molar-refractivity contribution in [3.05, 3.63) is 64.7 Å². The lowest BCUT2D eigenvalue weighted by molar-refractivity contribution is 0.602. The van der Waals surface area contributed by atoms with Crippen LogP contribution in [0.3, 0.4) is 0 Å². The molecule has 0 aliphatic carbocycles. The molecular formula is C17H17N3O3S. The molecule has 1 aromatic carbocycles. The van der Waals surface area contributed by atoms with Gasteiger partial charge in [-0.05, 0) is 24.7 Å². The van der Waals surface area contributed by atoms with Crippen molar-refractivity contribution in [1.29, 1.82) is 0 Å². The molecule has 0 amide bonds. The third-order valence-electron chi connectivity index (χ3n) is 3.75. The van der Waals surface area contributed by atoms with Crippen molar-refractivity contribution in [2.24, 2.45) is 5.73 Å². The summed E-state index contributed by atoms with van der Waals surface area (Å²) in [5.41, 5.74) is 7.01. The van der Waals surface area contributed by atoms with Crippen LogP contribution >= 0.6 is 0 Å². The molecule has 0 saturated carbocycles. The Labute approximate surface area is 139 Å². The summed E-state index contributed by atoms with van der Waals surface area (Å²) >= 11 is 0. The molecule has 0 bridgehead atoms. The molecule has 3 aromatic rings. The van der Waals surface area contributed by atoms with Gasteiger partial charge >= 0.3 is 0 Å². The third-order valence-corrected chi connectivity index (χ3v) is 4.90. The predicted octanol–water partition coefficient (Wildman–Crippen LogP) is 1.27. The summed E-state index contributed by atoms with van der Waals surface area (Å²) in [5, 5.41) is 0. The van der Waals surface area contributed by atoms with E-state index >= 15 is 0 Å². The molecule has 7 heteroatoms. The van der Waals surface area contributed by atoms with Gasteiger partial charge in [-0.1, -0.05) is 24.3 Å². The summed E-state index contributed by atoms with van der Waals surface area (Å²) in [5.74, 6) is 0. The van der Waals surface area contributed by atoms with Gasteiger partial charge in [0.25, 0.3) is 5.56 Å². The standard InChI is InChI=1S/C17H17N3O3S/c1-24(22,23)14-7-3-2-6-12(14)16-13(9-10-18)19-15-8-4-5-11-20(15)17(16)21/h2-8,11H,9-10,18H2,1H3. The monoisotopic (exact) mass is 343 g/mol. The molecular weight excluding hydrogens is 326 g/mol. The number of benzene rings is 1. The van der Waals surface area contributed by atoms with E-state index in [1.165, 1.54) is 10.5 Å². The molecule has 0 unspecified atom stereocenters. The van der Waals surface area contributed by atoms with Crippen LogP contribution < -0.4 is 11.3 Å². The van der Waals surface area contributed by atoms with Gasteiger partial charge in [-0.25, -0.2) is 13.4 Å². The topological polar surface area (TPSA) is 94.5 Å². The average Bonchev–Trinajstić information content (AvgIpc) is 2.55. The number of aromatic nitrogens is 2. The zero-order chi connectivity index (χ0) is 17.3. The Morgan fingerprint density at radius 1 is 1.12 bits per heavy atom. The molecule has 2 aromatic heterocycles. The highest BCUT2D eigenvalue weighted by atomic mass is 32.2. The Balaban J connectivity index is 2.45. The van der Waals surface area contributed by atoms with E-state index in [2.05, 4.69) is 4.98 Å². The number of rotatable bonds is 4. The van der Waals surface area contributed by atoms with Crippen molar-refractivity contribution in [1.82, 2.24) is 9.38 Å². The normalized spacial score (nSPS) is 11.8. The van der Waals surface area contributed by atoms with E-state index < -0.39 is 9.84 Å². The number of fused-ring (bicyclic) bond motifs is 1. The van der Waals surface area contributed by atoms with Crippen LogP contribution in [0.1, 0.15) is 5.69 Å². The predicted molar refractivity (Wildman–Crippen MR) is 92.8 cm³/mol. The van der Waals surface area contributed by atoms with Crippen LogP contribution in [0.2, 0.25) is 0 Å². The number of nitrogens with two attached hydrogens (primary N) is 1. The van der Waals surface area contributed by atoms with Crippen LogP contribution in [-0.2, 0) is 16.3 Å². The lowest BCUT2D eigenvalue weighted by atomic mass is 10.0. The maximum atomic E-state index is 13.0. The first-order chi connectivity index (χ1) is 11.4. The Hall–Kier alpha value is -2.51. The van der Waals surface area contributed by atoms with Gasteiger partial charge in [-0.2, -0.15) is 0 Å². The molecule has 2 heterocycles. The fourth-order valence-electron chi connectivity index (χ4n) is 2.72. The molecule has 0 saturated heterocycles. The number of hydrogen-bond acceptors (Lipinski definition) is 5. The Morgan fingerprint density at radius 2 is 1.83 bits per heavy atom. The van der Waals surface area contributed by atoms with Gasteiger partial charge in [0.2, 0.25) is 0 Å². The van der Waals surface area contributed by atoms with E-state index in [9.17, 15) is 13.2 Å². The van der Waals surface area contributed by atoms with E-state index in [0.717, 1.165) is 6.26 Å². The zero-order valence-electron chi connectivity index (χ0n) is 13.1. The lowest BCUT2D eigenvalue weighted by Crippen LogP contribution is -2.22. The minimum atomic E-state index is -3.49. The molecule has 0 fully saturated rings. The molecule has 0 radical (unpaired) electrons. The highest BCUT2D eigenvalue weighted by Gasteiger charge is 2.21. The molecule has 0 aliphatic rings. The summed E-state index contributed by atoms with van der Waals surface area (Å²) in [7, 11) is -3.49. The third kappa shape index (κ3) is 2.83. The molecule has 0 atom stereocenters. The minimum Gasteiger partial charge on any atom is -0.330 e. The Morgan fingerprint density at radius 3 is 2.54 bits per heavy atom. The average molecular weight is 343 g/mol. The van der Waals surface area contributed by atoms with Gasteiger partial charge in [-0.3, -0.25) is 9.20 Å². The summed E-state index contributed by atoms with van der Waals surface area (Å²) in [6.45, 7) is 0.309. The second-order valence-corrected chi connectivity index (χ2v) is 7.46. The minimum absolute atomic E-state index is 0.109. The maximum Gasteiger partial charge on any atom is 0.266 e. The molecule has 6 nitrogen and oxygen atoms in total. The summed E-state index contributed by atoms with van der Waals surface area (Å²) < 4.78 is 25.6. The first kappa shape index (κ1) is 16.4. The number of nitrogens with zero attached hydrogens (tertiary/aromatic N) is 2. The van der Waals surface area contributed by atoms with Crippen molar-refractivity contribution in [3.63, 3.8) is 0 Å². The lowest BCUT2D eigenvalue weighted by Gasteiger charge is -2.13. The van der Waals surface area contributed by atoms with E-state index in [1.807, 2.05) is 0 Å². The van der Waals surface area contributed by atoms with Gasteiger partial charge in [0.1, 0.15) is 5.65 Å². The van der Waals surface area contributed by atoms with Crippen molar-refractivity contribution in [3.8, 4) is 11.1 Å². The molecule has 24 heavy (non-hydrogen) atoms. The van der Waals surface area contributed by atoms with Crippen LogP contribution in [-0.4, -0.2) is 30.6 Å². The molecule has 0 spiro atoms. The fourth-order valence-corrected chi connectivity index (χ4v) is 3.62. The molecule has 124 valence electrons. The van der Waals surface area contributed by atoms with E-state index in [0.29, 0.717) is 29.9 Å². The maximum absolute atomic E-state index is 13.0. The summed E-state index contributed by atoms with van der Waals surface area (Å²) in [6.07, 6.45) is 3.12. The Kier molecular flexibility index (Phi) is 4.21. The van der Waals surface area contributed by atoms with Gasteiger partial charge in [0, 0.05) is 24.4 Å². The summed E-state index contributed by atoms with van der Waals surface area (Å²) in [4.78, 5) is 17.6. The molecule has 3 rings (SSSR count). The first-order valence-electron chi connectivity index (χ1n) is 7.43. The molecule has 2 N–H and O–H groups in total. The van der Waals surface area contributed by atoms with Gasteiger partial charge < -0.3 is 5.73 Å². The van der Waals surface area contributed by atoms with E-state index in [1.54, 1.807) is 42.6 Å². The zero-order valence-corrected chi connectivity index (χ0v) is 14.0. The van der Waals surface area contributed by atoms with Gasteiger partial charge in [0.15, 0.2) is 9.84 Å². The highest BCUT2D eigenvalue weighted by Crippen LogP contribution is 2.27. The van der Waals surface area contributed by atoms with E-state index in [-0.39, 0.29) is 16.0 Å². The number of hydrogen-bond donors (Lipinski definition) is 1. The van der Waals surface area contributed by atoms with Gasteiger partial charge in [-0.15, -0.1) is 0 Å². The van der Waals surface area contributed by atoms with Crippen LogP contribution in [0, 0.1) is 0 Å². The van der Waals surface area contributed by atoms with Crippen molar-refractivity contribution < 1.29 is 8.42 Å². The smallest absolute Gasteiger partial charge is 0.266 e. The fraction of sp³-hybridized carbons (Fsp3) is 0.176.